The summed E-state index contributed by atoms with van der Waals surface area (Å²) in [6.45, 7) is -0.211. The van der Waals surface area contributed by atoms with Crippen LogP contribution >= 0.6 is 0 Å². The van der Waals surface area contributed by atoms with Crippen molar-refractivity contribution in [1.82, 2.24) is 9.55 Å². The number of aromatic amines is 1. The zero-order valence-corrected chi connectivity index (χ0v) is 9.61. The molecule has 0 spiro atoms. The molecule has 0 amide bonds. The minimum atomic E-state index is -0.681. The van der Waals surface area contributed by atoms with Crippen molar-refractivity contribution in [1.29, 1.82) is 0 Å². The summed E-state index contributed by atoms with van der Waals surface area (Å²) in [5.74, 6) is 0. The molecule has 96 valence electrons. The summed E-state index contributed by atoms with van der Waals surface area (Å²) in [6.07, 6.45) is 2.15. The predicted molar refractivity (Wildman–Crippen MR) is 64.2 cm³/mol. The highest BCUT2D eigenvalue weighted by Gasteiger charge is 2.34. The summed E-state index contributed by atoms with van der Waals surface area (Å²) in [5, 5.41) is 19.4. The van der Waals surface area contributed by atoms with Gasteiger partial charge in [0.15, 0.2) is 0 Å². The SMILES string of the molecule is O=c1[nH]ccc2c1ccn2[C@@H]1C[C@H](O)[C@H](CO)O1. The van der Waals surface area contributed by atoms with E-state index in [0.717, 1.165) is 5.52 Å². The first-order valence-corrected chi connectivity index (χ1v) is 5.83. The van der Waals surface area contributed by atoms with E-state index in [-0.39, 0.29) is 18.4 Å². The van der Waals surface area contributed by atoms with Crippen molar-refractivity contribution in [2.45, 2.75) is 24.9 Å². The fraction of sp³-hybridized carbons (Fsp3) is 0.417. The molecule has 6 nitrogen and oxygen atoms in total. The van der Waals surface area contributed by atoms with Crippen LogP contribution in [0.25, 0.3) is 10.9 Å². The second-order valence-corrected chi connectivity index (χ2v) is 4.44. The van der Waals surface area contributed by atoms with Crippen molar-refractivity contribution in [2.24, 2.45) is 0 Å². The van der Waals surface area contributed by atoms with E-state index in [9.17, 15) is 9.90 Å². The lowest BCUT2D eigenvalue weighted by atomic mass is 10.2. The van der Waals surface area contributed by atoms with Crippen LogP contribution in [0.1, 0.15) is 12.6 Å². The third-order valence-electron chi connectivity index (χ3n) is 3.35. The zero-order valence-electron chi connectivity index (χ0n) is 9.61. The highest BCUT2D eigenvalue weighted by atomic mass is 16.5. The van der Waals surface area contributed by atoms with Gasteiger partial charge in [-0.2, -0.15) is 0 Å². The Hall–Kier alpha value is -1.63. The molecule has 0 unspecified atom stereocenters. The first-order valence-electron chi connectivity index (χ1n) is 5.83. The van der Waals surface area contributed by atoms with E-state index in [2.05, 4.69) is 4.98 Å². The van der Waals surface area contributed by atoms with Gasteiger partial charge in [-0.3, -0.25) is 4.79 Å². The maximum absolute atomic E-state index is 11.6. The van der Waals surface area contributed by atoms with Gasteiger partial charge in [-0.15, -0.1) is 0 Å². The van der Waals surface area contributed by atoms with Crippen molar-refractivity contribution >= 4 is 10.9 Å². The minimum absolute atomic E-state index is 0.150. The number of rotatable bonds is 2. The molecule has 0 bridgehead atoms. The van der Waals surface area contributed by atoms with E-state index in [4.69, 9.17) is 9.84 Å². The van der Waals surface area contributed by atoms with Crippen LogP contribution in [0.2, 0.25) is 0 Å². The van der Waals surface area contributed by atoms with Gasteiger partial charge in [0.2, 0.25) is 0 Å². The summed E-state index contributed by atoms with van der Waals surface area (Å²) in [7, 11) is 0. The van der Waals surface area contributed by atoms with Crippen LogP contribution < -0.4 is 5.56 Å². The third-order valence-corrected chi connectivity index (χ3v) is 3.35. The van der Waals surface area contributed by atoms with Crippen molar-refractivity contribution in [3.63, 3.8) is 0 Å². The van der Waals surface area contributed by atoms with Crippen molar-refractivity contribution in [2.75, 3.05) is 6.61 Å². The lowest BCUT2D eigenvalue weighted by Crippen LogP contribution is -2.24. The molecule has 0 aliphatic carbocycles. The molecule has 0 saturated carbocycles. The number of nitrogens with zero attached hydrogens (tertiary/aromatic N) is 1. The summed E-state index contributed by atoms with van der Waals surface area (Å²) in [5.41, 5.74) is 0.609. The maximum atomic E-state index is 11.6. The smallest absolute Gasteiger partial charge is 0.257 e. The largest absolute Gasteiger partial charge is 0.394 e. The Morgan fingerprint density at radius 2 is 2.33 bits per heavy atom. The topological polar surface area (TPSA) is 87.5 Å². The molecule has 2 aromatic heterocycles. The maximum Gasteiger partial charge on any atom is 0.257 e. The van der Waals surface area contributed by atoms with Gasteiger partial charge in [0, 0.05) is 18.8 Å². The second kappa shape index (κ2) is 4.24. The van der Waals surface area contributed by atoms with E-state index in [1.54, 1.807) is 24.5 Å². The molecular weight excluding hydrogens is 236 g/mol. The van der Waals surface area contributed by atoms with Gasteiger partial charge in [-0.1, -0.05) is 0 Å². The molecule has 0 radical (unpaired) electrons. The normalized spacial score (nSPS) is 28.0. The van der Waals surface area contributed by atoms with Crippen LogP contribution in [-0.4, -0.2) is 38.6 Å². The average Bonchev–Trinajstić information content (AvgIpc) is 2.93. The van der Waals surface area contributed by atoms with Gasteiger partial charge in [0.1, 0.15) is 12.3 Å². The van der Waals surface area contributed by atoms with Crippen LogP contribution in [0.15, 0.2) is 29.3 Å². The van der Waals surface area contributed by atoms with Crippen molar-refractivity contribution < 1.29 is 14.9 Å². The molecule has 2 aromatic rings. The number of nitrogens with one attached hydrogen (secondary N) is 1. The number of aliphatic hydroxyl groups is 2. The van der Waals surface area contributed by atoms with Gasteiger partial charge in [-0.25, -0.2) is 0 Å². The number of pyridine rings is 1. The van der Waals surface area contributed by atoms with Gasteiger partial charge in [0.05, 0.1) is 23.6 Å². The van der Waals surface area contributed by atoms with Crippen LogP contribution in [0.5, 0.6) is 0 Å². The monoisotopic (exact) mass is 250 g/mol. The molecule has 18 heavy (non-hydrogen) atoms. The number of H-pyrrole nitrogens is 1. The number of hydrogen-bond donors (Lipinski definition) is 3. The molecule has 1 fully saturated rings. The van der Waals surface area contributed by atoms with Gasteiger partial charge >= 0.3 is 0 Å². The van der Waals surface area contributed by atoms with Crippen molar-refractivity contribution in [3.05, 3.63) is 34.9 Å². The van der Waals surface area contributed by atoms with Crippen molar-refractivity contribution in [3.8, 4) is 0 Å². The number of fused-ring (bicyclic) bond motifs is 1. The Labute approximate surface area is 102 Å². The van der Waals surface area contributed by atoms with Crippen LogP contribution in [0.4, 0.5) is 0 Å². The summed E-state index contributed by atoms with van der Waals surface area (Å²) in [6, 6.07) is 3.51. The molecule has 1 saturated heterocycles. The molecule has 0 aromatic carbocycles. The van der Waals surface area contributed by atoms with E-state index < -0.39 is 12.2 Å². The fourth-order valence-corrected chi connectivity index (χ4v) is 2.40. The molecular formula is C12H14N2O4. The molecule has 3 rings (SSSR count). The molecule has 3 heterocycles. The Balaban J connectivity index is 2.01. The molecule has 3 atom stereocenters. The quantitative estimate of drug-likeness (QED) is 0.698. The summed E-state index contributed by atoms with van der Waals surface area (Å²) >= 11 is 0. The second-order valence-electron chi connectivity index (χ2n) is 4.44. The number of ether oxygens (including phenoxy) is 1. The zero-order chi connectivity index (χ0) is 12.7. The molecule has 6 heteroatoms. The predicted octanol–water partition coefficient (Wildman–Crippen LogP) is -0.0297. The Kier molecular flexibility index (Phi) is 2.70. The van der Waals surface area contributed by atoms with Crippen LogP contribution in [0, 0.1) is 0 Å². The Morgan fingerprint density at radius 1 is 1.50 bits per heavy atom. The fourth-order valence-electron chi connectivity index (χ4n) is 2.40. The Bertz CT molecular complexity index is 618. The first-order chi connectivity index (χ1) is 8.70. The van der Waals surface area contributed by atoms with E-state index in [0.29, 0.717) is 11.8 Å². The first kappa shape index (κ1) is 11.5. The number of hydrogen-bond acceptors (Lipinski definition) is 4. The molecule has 1 aliphatic heterocycles. The minimum Gasteiger partial charge on any atom is -0.394 e. The third kappa shape index (κ3) is 1.66. The summed E-state index contributed by atoms with van der Waals surface area (Å²) in [4.78, 5) is 14.2. The molecule has 3 N–H and O–H groups in total. The van der Waals surface area contributed by atoms with E-state index >= 15 is 0 Å². The van der Waals surface area contributed by atoms with E-state index in [1.165, 1.54) is 0 Å². The number of aromatic nitrogens is 2. The molecule has 1 aliphatic rings. The lowest BCUT2D eigenvalue weighted by molar-refractivity contribution is -0.0429. The highest BCUT2D eigenvalue weighted by Crippen LogP contribution is 2.30. The van der Waals surface area contributed by atoms with Gasteiger partial charge in [0.25, 0.3) is 5.56 Å². The number of aliphatic hydroxyl groups excluding tert-OH is 2. The highest BCUT2D eigenvalue weighted by molar-refractivity contribution is 5.78. The van der Waals surface area contributed by atoms with Gasteiger partial charge in [-0.05, 0) is 12.1 Å². The van der Waals surface area contributed by atoms with Gasteiger partial charge < -0.3 is 24.5 Å². The standard InChI is InChI=1S/C12H14N2O4/c15-6-10-9(16)5-11(18-10)14-4-2-7-8(14)1-3-13-12(7)17/h1-4,9-11,15-16H,5-6H2,(H,13,17)/t9-,10-,11-/m0/s1. The Morgan fingerprint density at radius 3 is 3.06 bits per heavy atom. The van der Waals surface area contributed by atoms with E-state index in [1.807, 2.05) is 4.57 Å². The summed E-state index contributed by atoms with van der Waals surface area (Å²) < 4.78 is 7.37. The van der Waals surface area contributed by atoms with Crippen LogP contribution in [0.3, 0.4) is 0 Å². The van der Waals surface area contributed by atoms with Crippen LogP contribution in [-0.2, 0) is 4.74 Å². The average molecular weight is 250 g/mol. The lowest BCUT2D eigenvalue weighted by Gasteiger charge is -2.14.